The van der Waals surface area contributed by atoms with Gasteiger partial charge in [-0.05, 0) is 31.2 Å². The SMILES string of the molecule is CCS(=O)c1c(-c2nc3cc(C(F)(F)F)cnc3n2C)nc(C(C=CN)=NC2CC2)n1C. The maximum Gasteiger partial charge on any atom is 0.417 e. The van der Waals surface area contributed by atoms with Crippen molar-refractivity contribution in [1.29, 1.82) is 0 Å². The van der Waals surface area contributed by atoms with E-state index in [0.29, 0.717) is 28.0 Å². The molecule has 0 radical (unpaired) electrons. The number of nitrogens with two attached hydrogens (primary N) is 1. The Hall–Kier alpha value is -3.02. The van der Waals surface area contributed by atoms with E-state index in [2.05, 4.69) is 19.9 Å². The van der Waals surface area contributed by atoms with Crippen molar-refractivity contribution in [2.75, 3.05) is 5.75 Å². The number of hydrogen-bond donors (Lipinski definition) is 1. The topological polar surface area (TPSA) is 104 Å². The molecule has 0 bridgehead atoms. The van der Waals surface area contributed by atoms with Gasteiger partial charge in [0, 0.05) is 26.0 Å². The van der Waals surface area contributed by atoms with Crippen LogP contribution in [0, 0.1) is 0 Å². The van der Waals surface area contributed by atoms with Crippen molar-refractivity contribution in [3.63, 3.8) is 0 Å². The minimum atomic E-state index is -4.53. The van der Waals surface area contributed by atoms with Crippen LogP contribution in [0.2, 0.25) is 0 Å². The van der Waals surface area contributed by atoms with Crippen molar-refractivity contribution in [2.24, 2.45) is 24.8 Å². The third-order valence-corrected chi connectivity index (χ3v) is 6.54. The molecule has 170 valence electrons. The summed E-state index contributed by atoms with van der Waals surface area (Å²) in [6, 6.07) is 1.14. The number of allylic oxidation sites excluding steroid dienone is 1. The van der Waals surface area contributed by atoms with Gasteiger partial charge in [-0.15, -0.1) is 0 Å². The van der Waals surface area contributed by atoms with Crippen LogP contribution in [0.15, 0.2) is 34.6 Å². The molecule has 4 rings (SSSR count). The number of imidazole rings is 2. The van der Waals surface area contributed by atoms with Crippen LogP contribution < -0.4 is 5.73 Å². The summed E-state index contributed by atoms with van der Waals surface area (Å²) in [7, 11) is 1.94. The zero-order valence-corrected chi connectivity index (χ0v) is 18.5. The number of pyridine rings is 1. The number of nitrogens with zero attached hydrogens (tertiary/aromatic N) is 6. The third-order valence-electron chi connectivity index (χ3n) is 5.12. The van der Waals surface area contributed by atoms with Crippen LogP contribution in [-0.4, -0.2) is 45.8 Å². The van der Waals surface area contributed by atoms with Crippen LogP contribution in [0.5, 0.6) is 0 Å². The zero-order valence-electron chi connectivity index (χ0n) is 17.7. The Morgan fingerprint density at radius 3 is 2.62 bits per heavy atom. The lowest BCUT2D eigenvalue weighted by molar-refractivity contribution is -0.137. The number of rotatable bonds is 6. The van der Waals surface area contributed by atoms with Crippen LogP contribution in [0.25, 0.3) is 22.7 Å². The lowest BCUT2D eigenvalue weighted by Crippen LogP contribution is -2.11. The predicted molar refractivity (Wildman–Crippen MR) is 116 cm³/mol. The average Bonchev–Trinajstić information content (AvgIpc) is 3.42. The second-order valence-electron chi connectivity index (χ2n) is 7.45. The molecule has 3 heterocycles. The quantitative estimate of drug-likeness (QED) is 0.564. The number of alkyl halides is 3. The molecule has 1 atom stereocenters. The third kappa shape index (κ3) is 3.94. The molecule has 0 aliphatic heterocycles. The first-order valence-electron chi connectivity index (χ1n) is 9.97. The first-order chi connectivity index (χ1) is 15.2. The average molecular weight is 466 g/mol. The van der Waals surface area contributed by atoms with Gasteiger partial charge in [0.2, 0.25) is 0 Å². The van der Waals surface area contributed by atoms with Crippen LogP contribution >= 0.6 is 0 Å². The van der Waals surface area contributed by atoms with Crippen molar-refractivity contribution in [1.82, 2.24) is 24.1 Å². The van der Waals surface area contributed by atoms with Crippen LogP contribution in [0.4, 0.5) is 13.2 Å². The van der Waals surface area contributed by atoms with E-state index in [1.807, 2.05) is 0 Å². The van der Waals surface area contributed by atoms with Crippen molar-refractivity contribution in [2.45, 2.75) is 37.0 Å². The molecule has 32 heavy (non-hydrogen) atoms. The van der Waals surface area contributed by atoms with Gasteiger partial charge in [0.15, 0.2) is 17.3 Å². The van der Waals surface area contributed by atoms with Gasteiger partial charge in [-0.3, -0.25) is 9.20 Å². The van der Waals surface area contributed by atoms with Crippen LogP contribution in [0.1, 0.15) is 31.2 Å². The van der Waals surface area contributed by atoms with Gasteiger partial charge >= 0.3 is 6.18 Å². The molecule has 0 amide bonds. The summed E-state index contributed by atoms with van der Waals surface area (Å²) < 4.78 is 55.6. The summed E-state index contributed by atoms with van der Waals surface area (Å²) in [6.45, 7) is 1.78. The number of fused-ring (bicyclic) bond motifs is 1. The Morgan fingerprint density at radius 1 is 1.31 bits per heavy atom. The highest BCUT2D eigenvalue weighted by molar-refractivity contribution is 7.85. The van der Waals surface area contributed by atoms with Gasteiger partial charge in [-0.25, -0.2) is 15.0 Å². The highest BCUT2D eigenvalue weighted by Crippen LogP contribution is 2.33. The van der Waals surface area contributed by atoms with Crippen LogP contribution in [0.3, 0.4) is 0 Å². The Morgan fingerprint density at radius 2 is 2.03 bits per heavy atom. The summed E-state index contributed by atoms with van der Waals surface area (Å²) in [5, 5.41) is 0.408. The van der Waals surface area contributed by atoms with Crippen molar-refractivity contribution in [3.05, 3.63) is 35.9 Å². The molecule has 1 unspecified atom stereocenters. The lowest BCUT2D eigenvalue weighted by Gasteiger charge is -2.06. The molecule has 2 N–H and O–H groups in total. The van der Waals surface area contributed by atoms with E-state index in [4.69, 9.17) is 5.73 Å². The molecular formula is C20H22F3N7OS. The van der Waals surface area contributed by atoms with Crippen LogP contribution in [-0.2, 0) is 31.1 Å². The highest BCUT2D eigenvalue weighted by atomic mass is 32.2. The Kier molecular flexibility index (Phi) is 5.65. The molecule has 0 saturated heterocycles. The molecule has 1 aliphatic rings. The van der Waals surface area contributed by atoms with E-state index in [0.717, 1.165) is 25.1 Å². The van der Waals surface area contributed by atoms with Gasteiger partial charge in [-0.2, -0.15) is 13.2 Å². The standard InChI is InChI=1S/C20H22F3N7OS/c1-4-32(31)19-15(28-17(30(19)3)13(7-8-24)26-12-5-6-12)18-27-14-9-11(20(21,22)23)10-25-16(14)29(18)2/h7-10,12H,4-6,24H2,1-3H3. The van der Waals surface area contributed by atoms with Gasteiger partial charge in [0.1, 0.15) is 21.9 Å². The van der Waals surface area contributed by atoms with E-state index in [9.17, 15) is 17.4 Å². The molecular weight excluding hydrogens is 443 g/mol. The predicted octanol–water partition coefficient (Wildman–Crippen LogP) is 2.94. The fraction of sp³-hybridized carbons (Fsp3) is 0.400. The number of aliphatic imine (C=N–C) groups is 1. The van der Waals surface area contributed by atoms with Gasteiger partial charge in [0.25, 0.3) is 0 Å². The van der Waals surface area contributed by atoms with Gasteiger partial charge in [-0.1, -0.05) is 6.92 Å². The normalized spacial score (nSPS) is 16.4. The summed E-state index contributed by atoms with van der Waals surface area (Å²) in [4.78, 5) is 17.6. The molecule has 3 aromatic heterocycles. The molecule has 3 aromatic rings. The monoisotopic (exact) mass is 465 g/mol. The smallest absolute Gasteiger partial charge is 0.405 e. The molecule has 8 nitrogen and oxygen atoms in total. The van der Waals surface area contributed by atoms with Crippen molar-refractivity contribution in [3.8, 4) is 11.5 Å². The first kappa shape index (κ1) is 22.2. The van der Waals surface area contributed by atoms with Gasteiger partial charge < -0.3 is 14.9 Å². The van der Waals surface area contributed by atoms with Crippen molar-refractivity contribution < 1.29 is 17.4 Å². The fourth-order valence-corrected chi connectivity index (χ4v) is 4.38. The number of aryl methyl sites for hydroxylation is 1. The lowest BCUT2D eigenvalue weighted by atomic mass is 10.2. The largest absolute Gasteiger partial charge is 0.417 e. The molecule has 1 fully saturated rings. The van der Waals surface area contributed by atoms with E-state index in [1.54, 1.807) is 36.2 Å². The summed E-state index contributed by atoms with van der Waals surface area (Å²) >= 11 is 0. The molecule has 1 saturated carbocycles. The molecule has 1 aliphatic carbocycles. The number of halogens is 3. The second kappa shape index (κ2) is 8.15. The maximum atomic E-state index is 13.1. The van der Waals surface area contributed by atoms with E-state index < -0.39 is 22.5 Å². The van der Waals surface area contributed by atoms with E-state index in [-0.39, 0.29) is 23.0 Å². The maximum absolute atomic E-state index is 13.1. The van der Waals surface area contributed by atoms with Crippen molar-refractivity contribution >= 4 is 27.7 Å². The molecule has 12 heteroatoms. The summed E-state index contributed by atoms with van der Waals surface area (Å²) in [5.74, 6) is 1.06. The Labute approximate surface area is 184 Å². The summed E-state index contributed by atoms with van der Waals surface area (Å²) in [5.41, 5.74) is 5.92. The molecule has 0 aromatic carbocycles. The minimum absolute atomic E-state index is 0.0754. The Balaban J connectivity index is 1.94. The minimum Gasteiger partial charge on any atom is -0.405 e. The number of aromatic nitrogens is 5. The highest BCUT2D eigenvalue weighted by Gasteiger charge is 2.32. The molecule has 0 spiro atoms. The number of hydrogen-bond acceptors (Lipinski definition) is 6. The summed E-state index contributed by atoms with van der Waals surface area (Å²) in [6.07, 6.45) is 1.19. The second-order valence-corrected chi connectivity index (χ2v) is 9.10. The first-order valence-corrected chi connectivity index (χ1v) is 11.3. The van der Waals surface area contributed by atoms with E-state index in [1.165, 1.54) is 6.20 Å². The zero-order chi connectivity index (χ0) is 23.2. The van der Waals surface area contributed by atoms with E-state index >= 15 is 0 Å². The van der Waals surface area contributed by atoms with Gasteiger partial charge in [0.05, 0.1) is 22.4 Å². The fourth-order valence-electron chi connectivity index (χ4n) is 3.37. The Bertz CT molecular complexity index is 1270.